The van der Waals surface area contributed by atoms with Crippen molar-refractivity contribution in [2.24, 2.45) is 5.73 Å². The van der Waals surface area contributed by atoms with E-state index in [1.54, 1.807) is 12.1 Å². The smallest absolute Gasteiger partial charge is 0.269 e. The summed E-state index contributed by atoms with van der Waals surface area (Å²) in [5.41, 5.74) is 8.17. The van der Waals surface area contributed by atoms with Gasteiger partial charge in [-0.15, -0.1) is 0 Å². The zero-order valence-corrected chi connectivity index (χ0v) is 21.1. The van der Waals surface area contributed by atoms with Gasteiger partial charge in [0.1, 0.15) is 5.71 Å². The molecule has 0 saturated carbocycles. The first kappa shape index (κ1) is 29.7. The summed E-state index contributed by atoms with van der Waals surface area (Å²) < 4.78 is 0. The van der Waals surface area contributed by atoms with Crippen LogP contribution in [0.3, 0.4) is 0 Å². The maximum atomic E-state index is 12.2. The topological polar surface area (TPSA) is 108 Å². The number of hydrogen-bond donors (Lipinski definition) is 4. The monoisotopic (exact) mass is 464 g/mol. The molecule has 180 valence electrons. The van der Waals surface area contributed by atoms with Crippen LogP contribution in [-0.2, 0) is 16.1 Å². The molecule has 2 rings (SSSR count). The number of carbonyl (C=O) groups excluding carboxylic acids is 2. The number of nitrogens with two attached hydrogens (primary N) is 1. The molecule has 1 aliphatic rings. The van der Waals surface area contributed by atoms with Crippen LogP contribution in [0.4, 0.5) is 0 Å². The molecule has 1 unspecified atom stereocenters. The van der Waals surface area contributed by atoms with Crippen molar-refractivity contribution in [3.8, 4) is 0 Å². The molecule has 7 heteroatoms. The van der Waals surface area contributed by atoms with Gasteiger partial charge in [-0.05, 0) is 49.8 Å². The molecule has 0 spiro atoms. The van der Waals surface area contributed by atoms with Crippen LogP contribution in [0.25, 0.3) is 0 Å². The number of amides is 2. The first-order valence-electron chi connectivity index (χ1n) is 11.7. The lowest BCUT2D eigenvalue weighted by atomic mass is 10.00. The van der Waals surface area contributed by atoms with Crippen molar-refractivity contribution in [3.05, 3.63) is 46.1 Å². The van der Waals surface area contributed by atoms with Crippen molar-refractivity contribution < 1.29 is 9.59 Å². The van der Waals surface area contributed by atoms with Gasteiger partial charge in [0, 0.05) is 35.3 Å². The van der Waals surface area contributed by atoms with E-state index in [1.807, 2.05) is 32.9 Å². The van der Waals surface area contributed by atoms with E-state index < -0.39 is 5.91 Å². The van der Waals surface area contributed by atoms with Crippen LogP contribution in [0, 0.1) is 5.41 Å². The Morgan fingerprint density at radius 1 is 1.22 bits per heavy atom. The summed E-state index contributed by atoms with van der Waals surface area (Å²) in [6.45, 7) is 10.5. The average molecular weight is 465 g/mol. The van der Waals surface area contributed by atoms with Gasteiger partial charge in [-0.2, -0.15) is 0 Å². The van der Waals surface area contributed by atoms with E-state index in [0.29, 0.717) is 41.7 Å². The minimum atomic E-state index is -0.391. The lowest BCUT2D eigenvalue weighted by Gasteiger charge is -2.13. The molecular formula is C25H41ClN4O2. The minimum Gasteiger partial charge on any atom is -0.402 e. The molecule has 6 nitrogen and oxygen atoms in total. The predicted octanol–water partition coefficient (Wildman–Crippen LogP) is 5.49. The van der Waals surface area contributed by atoms with Gasteiger partial charge in [0.05, 0.1) is 0 Å². The van der Waals surface area contributed by atoms with Gasteiger partial charge in [0.25, 0.3) is 5.91 Å². The Labute approximate surface area is 198 Å². The first-order chi connectivity index (χ1) is 15.3. The van der Waals surface area contributed by atoms with Crippen LogP contribution in [0.15, 0.2) is 35.5 Å². The van der Waals surface area contributed by atoms with E-state index in [2.05, 4.69) is 24.5 Å². The number of benzene rings is 1. The largest absolute Gasteiger partial charge is 0.402 e. The van der Waals surface area contributed by atoms with Gasteiger partial charge < -0.3 is 16.4 Å². The van der Waals surface area contributed by atoms with Crippen molar-refractivity contribution in [2.45, 2.75) is 92.2 Å². The molecule has 1 atom stereocenters. The van der Waals surface area contributed by atoms with Gasteiger partial charge >= 0.3 is 0 Å². The summed E-state index contributed by atoms with van der Waals surface area (Å²) in [4.78, 5) is 22.7. The summed E-state index contributed by atoms with van der Waals surface area (Å²) in [5.74, 6) is -0.172. The molecule has 1 aromatic carbocycles. The van der Waals surface area contributed by atoms with Gasteiger partial charge in [-0.3, -0.25) is 15.0 Å². The predicted molar refractivity (Wildman–Crippen MR) is 135 cm³/mol. The molecule has 1 heterocycles. The number of hydrogen-bond acceptors (Lipinski definition) is 4. The van der Waals surface area contributed by atoms with E-state index in [9.17, 15) is 9.59 Å². The molecule has 0 aromatic heterocycles. The second-order valence-electron chi connectivity index (χ2n) is 7.36. The molecule has 1 aliphatic heterocycles. The molecule has 2 amide bonds. The number of rotatable bonds is 9. The van der Waals surface area contributed by atoms with Crippen molar-refractivity contribution in [1.29, 1.82) is 5.41 Å². The summed E-state index contributed by atoms with van der Waals surface area (Å²) in [6, 6.07) is 7.72. The van der Waals surface area contributed by atoms with E-state index >= 15 is 0 Å². The van der Waals surface area contributed by atoms with Gasteiger partial charge in [-0.25, -0.2) is 0 Å². The fourth-order valence-corrected chi connectivity index (χ4v) is 3.13. The van der Waals surface area contributed by atoms with Crippen molar-refractivity contribution in [2.75, 3.05) is 0 Å². The molecule has 1 fully saturated rings. The van der Waals surface area contributed by atoms with Crippen LogP contribution in [0.5, 0.6) is 0 Å². The Bertz CT molecular complexity index is 745. The number of carbonyl (C=O) groups is 2. The highest BCUT2D eigenvalue weighted by Crippen LogP contribution is 2.14. The normalized spacial score (nSPS) is 15.3. The molecule has 0 bridgehead atoms. The van der Waals surface area contributed by atoms with Crippen LogP contribution in [0.1, 0.15) is 85.1 Å². The minimum absolute atomic E-state index is 0.0261. The van der Waals surface area contributed by atoms with Crippen molar-refractivity contribution in [3.63, 3.8) is 0 Å². The number of allylic oxidation sites excluding steroid dienone is 1. The highest BCUT2D eigenvalue weighted by Gasteiger charge is 2.18. The van der Waals surface area contributed by atoms with Crippen molar-refractivity contribution >= 4 is 29.1 Å². The summed E-state index contributed by atoms with van der Waals surface area (Å²) >= 11 is 5.82. The van der Waals surface area contributed by atoms with Crippen LogP contribution in [-0.4, -0.2) is 23.6 Å². The van der Waals surface area contributed by atoms with Crippen LogP contribution >= 0.6 is 11.6 Å². The molecular weight excluding hydrogens is 424 g/mol. The third-order valence-electron chi connectivity index (χ3n) is 5.02. The van der Waals surface area contributed by atoms with Crippen LogP contribution < -0.4 is 16.4 Å². The zero-order chi connectivity index (χ0) is 24.5. The van der Waals surface area contributed by atoms with E-state index in [1.165, 1.54) is 0 Å². The lowest BCUT2D eigenvalue weighted by molar-refractivity contribution is -0.119. The molecule has 1 saturated heterocycles. The quantitative estimate of drug-likeness (QED) is 0.363. The van der Waals surface area contributed by atoms with Crippen LogP contribution in [0.2, 0.25) is 5.02 Å². The lowest BCUT2D eigenvalue weighted by Crippen LogP contribution is -2.32. The number of halogens is 1. The maximum Gasteiger partial charge on any atom is 0.269 e. The molecule has 0 aliphatic carbocycles. The third kappa shape index (κ3) is 11.3. The Balaban J connectivity index is 0.000000796. The van der Waals surface area contributed by atoms with Crippen molar-refractivity contribution in [1.82, 2.24) is 10.6 Å². The van der Waals surface area contributed by atoms with E-state index in [-0.39, 0.29) is 11.6 Å². The summed E-state index contributed by atoms with van der Waals surface area (Å²) in [6.07, 6.45) is 6.08. The Morgan fingerprint density at radius 3 is 2.28 bits per heavy atom. The molecule has 1 aromatic rings. The highest BCUT2D eigenvalue weighted by molar-refractivity contribution is 6.44. The molecule has 0 radical (unpaired) electrons. The first-order valence-corrected chi connectivity index (χ1v) is 12.1. The van der Waals surface area contributed by atoms with Gasteiger partial charge in [0.2, 0.25) is 5.91 Å². The highest BCUT2D eigenvalue weighted by atomic mass is 35.5. The van der Waals surface area contributed by atoms with E-state index in [0.717, 1.165) is 37.7 Å². The second kappa shape index (κ2) is 17.2. The third-order valence-corrected chi connectivity index (χ3v) is 5.27. The fourth-order valence-electron chi connectivity index (χ4n) is 3.01. The number of nitrogens with one attached hydrogen (secondary N) is 3. The molecule has 32 heavy (non-hydrogen) atoms. The van der Waals surface area contributed by atoms with E-state index in [4.69, 9.17) is 22.7 Å². The van der Waals surface area contributed by atoms with Gasteiger partial charge in [0.15, 0.2) is 0 Å². The SMILES string of the molecule is CC.CCC1CCC(=O)N1.CCCC/C(C(=N)C(=O)NCc1ccc(Cl)cc1)=C(/N)CC. The zero-order valence-electron chi connectivity index (χ0n) is 20.3. The molecule has 5 N–H and O–H groups in total. The summed E-state index contributed by atoms with van der Waals surface area (Å²) in [7, 11) is 0. The fraction of sp³-hybridized carbons (Fsp3) is 0.560. The maximum absolute atomic E-state index is 12.2. The second-order valence-corrected chi connectivity index (χ2v) is 7.79. The number of unbranched alkanes of at least 4 members (excludes halogenated alkanes) is 1. The summed E-state index contributed by atoms with van der Waals surface area (Å²) in [5, 5.41) is 14.4. The Kier molecular flexibility index (Phi) is 16.0. The Hall–Kier alpha value is -2.34. The average Bonchev–Trinajstić information content (AvgIpc) is 3.25. The van der Waals surface area contributed by atoms with Gasteiger partial charge in [-0.1, -0.05) is 64.8 Å². The Morgan fingerprint density at radius 2 is 1.84 bits per heavy atom. The standard InChI is InChI=1S/C17H24ClN3O.C6H11NO.C2H6/c1-3-5-6-14(15(19)4-2)16(20)17(22)21-11-12-7-9-13(18)10-8-12;1-2-5-3-4-6(8)7-5;1-2/h7-10,20H,3-6,11,19H2,1-2H3,(H,21,22);5H,2-4H2,1H3,(H,7,8);1-2H3/b15-14-,20-16?;;.